The summed E-state index contributed by atoms with van der Waals surface area (Å²) in [4.78, 5) is 22.4. The van der Waals surface area contributed by atoms with Crippen LogP contribution in [0.1, 0.15) is 36.0 Å². The third-order valence-corrected chi connectivity index (χ3v) is 5.88. The summed E-state index contributed by atoms with van der Waals surface area (Å²) in [5, 5.41) is 8.66. The van der Waals surface area contributed by atoms with Gasteiger partial charge in [-0.15, -0.1) is 0 Å². The number of carboxylic acids is 1. The third-order valence-electron chi connectivity index (χ3n) is 3.50. The van der Waals surface area contributed by atoms with E-state index >= 15 is 0 Å². The zero-order valence-electron chi connectivity index (χ0n) is 11.8. The molecule has 0 amide bonds. The first-order valence-electron chi connectivity index (χ1n) is 6.87. The standard InChI is InChI=1S/C14H16ClNO5S/c15-11-4-3-10(12(17)5-6-14(18)19)9-13(11)22(20,21)16-7-1-2-8-16/h3-4,9H,1-2,5-8H2,(H,18,19). The number of nitrogens with zero attached hydrogens (tertiary/aromatic N) is 1. The van der Waals surface area contributed by atoms with Crippen molar-refractivity contribution in [2.45, 2.75) is 30.6 Å². The fraction of sp³-hybridized carbons (Fsp3) is 0.429. The first-order valence-corrected chi connectivity index (χ1v) is 8.69. The fourth-order valence-electron chi connectivity index (χ4n) is 2.31. The molecule has 22 heavy (non-hydrogen) atoms. The van der Waals surface area contributed by atoms with Gasteiger partial charge in [-0.1, -0.05) is 11.6 Å². The topological polar surface area (TPSA) is 91.7 Å². The molecule has 1 saturated heterocycles. The lowest BCUT2D eigenvalue weighted by atomic mass is 10.1. The largest absolute Gasteiger partial charge is 0.481 e. The highest BCUT2D eigenvalue weighted by Crippen LogP contribution is 2.28. The summed E-state index contributed by atoms with van der Waals surface area (Å²) >= 11 is 5.98. The van der Waals surface area contributed by atoms with Crippen molar-refractivity contribution < 1.29 is 23.1 Å². The van der Waals surface area contributed by atoms with Gasteiger partial charge in [-0.25, -0.2) is 8.42 Å². The predicted molar refractivity (Wildman–Crippen MR) is 80.6 cm³/mol. The number of hydrogen-bond donors (Lipinski definition) is 1. The highest BCUT2D eigenvalue weighted by atomic mass is 35.5. The van der Waals surface area contributed by atoms with Crippen molar-refractivity contribution in [1.82, 2.24) is 4.31 Å². The van der Waals surface area contributed by atoms with E-state index in [9.17, 15) is 18.0 Å². The minimum Gasteiger partial charge on any atom is -0.481 e. The van der Waals surface area contributed by atoms with Crippen LogP contribution in [0.25, 0.3) is 0 Å². The lowest BCUT2D eigenvalue weighted by molar-refractivity contribution is -0.136. The molecule has 0 spiro atoms. The Labute approximate surface area is 133 Å². The van der Waals surface area contributed by atoms with Gasteiger partial charge in [-0.05, 0) is 31.0 Å². The molecule has 8 heteroatoms. The summed E-state index contributed by atoms with van der Waals surface area (Å²) in [7, 11) is -3.72. The maximum Gasteiger partial charge on any atom is 0.303 e. The molecule has 0 aliphatic carbocycles. The maximum absolute atomic E-state index is 12.5. The normalized spacial score (nSPS) is 15.9. The smallest absolute Gasteiger partial charge is 0.303 e. The van der Waals surface area contributed by atoms with Crippen LogP contribution >= 0.6 is 11.6 Å². The van der Waals surface area contributed by atoms with Crippen LogP contribution in [-0.4, -0.2) is 42.7 Å². The van der Waals surface area contributed by atoms with Crippen molar-refractivity contribution in [2.75, 3.05) is 13.1 Å². The summed E-state index contributed by atoms with van der Waals surface area (Å²) in [6.07, 6.45) is 1.12. The van der Waals surface area contributed by atoms with Crippen LogP contribution < -0.4 is 0 Å². The van der Waals surface area contributed by atoms with Crippen LogP contribution in [0.15, 0.2) is 23.1 Å². The molecule has 6 nitrogen and oxygen atoms in total. The number of Topliss-reactive ketones (excluding diaryl/α,β-unsaturated/α-hetero) is 1. The van der Waals surface area contributed by atoms with E-state index in [1.54, 1.807) is 0 Å². The average Bonchev–Trinajstić information content (AvgIpc) is 3.00. The molecule has 0 radical (unpaired) electrons. The van der Waals surface area contributed by atoms with Gasteiger partial charge >= 0.3 is 5.97 Å². The predicted octanol–water partition coefficient (Wildman–Crippen LogP) is 2.17. The Morgan fingerprint density at radius 1 is 1.18 bits per heavy atom. The van der Waals surface area contributed by atoms with Crippen molar-refractivity contribution in [3.63, 3.8) is 0 Å². The first-order chi connectivity index (χ1) is 10.3. The van der Waals surface area contributed by atoms with Crippen molar-refractivity contribution >= 4 is 33.4 Å². The van der Waals surface area contributed by atoms with Gasteiger partial charge in [0.2, 0.25) is 10.0 Å². The minimum atomic E-state index is -3.72. The van der Waals surface area contributed by atoms with E-state index in [1.807, 2.05) is 0 Å². The second-order valence-corrected chi connectivity index (χ2v) is 7.39. The number of ketones is 1. The summed E-state index contributed by atoms with van der Waals surface area (Å²) in [6, 6.07) is 4.01. The molecule has 0 saturated carbocycles. The molecule has 1 aromatic carbocycles. The van der Waals surface area contributed by atoms with Gasteiger partial charge in [0.25, 0.3) is 0 Å². The molecule has 1 aliphatic rings. The maximum atomic E-state index is 12.5. The van der Waals surface area contributed by atoms with Crippen molar-refractivity contribution in [1.29, 1.82) is 0 Å². The lowest BCUT2D eigenvalue weighted by Gasteiger charge is -2.17. The highest BCUT2D eigenvalue weighted by Gasteiger charge is 2.29. The second kappa shape index (κ2) is 6.76. The van der Waals surface area contributed by atoms with Crippen molar-refractivity contribution in [3.05, 3.63) is 28.8 Å². The molecule has 2 rings (SSSR count). The molecule has 0 atom stereocenters. The quantitative estimate of drug-likeness (QED) is 0.798. The molecule has 1 heterocycles. The van der Waals surface area contributed by atoms with Crippen LogP contribution in [-0.2, 0) is 14.8 Å². The Kier molecular flexibility index (Phi) is 5.20. The van der Waals surface area contributed by atoms with Gasteiger partial charge in [0.1, 0.15) is 4.90 Å². The Hall–Kier alpha value is -1.44. The second-order valence-electron chi connectivity index (χ2n) is 5.07. The number of hydrogen-bond acceptors (Lipinski definition) is 4. The van der Waals surface area contributed by atoms with Gasteiger partial charge in [0.05, 0.1) is 11.4 Å². The molecule has 0 aromatic heterocycles. The Bertz CT molecular complexity index is 695. The number of benzene rings is 1. The molecule has 0 bridgehead atoms. The van der Waals surface area contributed by atoms with Crippen LogP contribution in [0.2, 0.25) is 5.02 Å². The molecule has 1 fully saturated rings. The van der Waals surface area contributed by atoms with E-state index in [0.717, 1.165) is 12.8 Å². The Balaban J connectivity index is 2.30. The first kappa shape index (κ1) is 16.9. The zero-order chi connectivity index (χ0) is 16.3. The average molecular weight is 346 g/mol. The molecule has 1 aliphatic heterocycles. The van der Waals surface area contributed by atoms with Crippen LogP contribution in [0.3, 0.4) is 0 Å². The summed E-state index contributed by atoms with van der Waals surface area (Å²) < 4.78 is 26.4. The number of halogens is 1. The number of carbonyl (C=O) groups excluding carboxylic acids is 1. The number of rotatable bonds is 6. The fourth-order valence-corrected chi connectivity index (χ4v) is 4.32. The van der Waals surface area contributed by atoms with Gasteiger partial charge < -0.3 is 5.11 Å². The SMILES string of the molecule is O=C(O)CCC(=O)c1ccc(Cl)c(S(=O)(=O)N2CCCC2)c1. The summed E-state index contributed by atoms with van der Waals surface area (Å²) in [5.74, 6) is -1.50. The molecular weight excluding hydrogens is 330 g/mol. The molecule has 120 valence electrons. The molecule has 0 unspecified atom stereocenters. The summed E-state index contributed by atoms with van der Waals surface area (Å²) in [6.45, 7) is 0.881. The van der Waals surface area contributed by atoms with Crippen LogP contribution in [0.5, 0.6) is 0 Å². The van der Waals surface area contributed by atoms with Crippen molar-refractivity contribution in [3.8, 4) is 0 Å². The Morgan fingerprint density at radius 2 is 1.82 bits per heavy atom. The molecule has 1 N–H and O–H groups in total. The third kappa shape index (κ3) is 3.66. The minimum absolute atomic E-state index is 0.0571. The molecular formula is C14H16ClNO5S. The van der Waals surface area contributed by atoms with E-state index < -0.39 is 21.8 Å². The monoisotopic (exact) mass is 345 g/mol. The van der Waals surface area contributed by atoms with Gasteiger partial charge in [0, 0.05) is 25.1 Å². The van der Waals surface area contributed by atoms with Crippen LogP contribution in [0, 0.1) is 0 Å². The van der Waals surface area contributed by atoms with E-state index in [0.29, 0.717) is 13.1 Å². The number of carbonyl (C=O) groups is 2. The number of carboxylic acid groups (broad SMARTS) is 1. The van der Waals surface area contributed by atoms with Crippen LogP contribution in [0.4, 0.5) is 0 Å². The van der Waals surface area contributed by atoms with Crippen molar-refractivity contribution in [2.24, 2.45) is 0 Å². The number of sulfonamides is 1. The van der Waals surface area contributed by atoms with Gasteiger partial charge in [0.15, 0.2) is 5.78 Å². The summed E-state index contributed by atoms with van der Waals surface area (Å²) in [5.41, 5.74) is 0.156. The van der Waals surface area contributed by atoms with E-state index in [2.05, 4.69) is 0 Å². The van der Waals surface area contributed by atoms with E-state index in [4.69, 9.17) is 16.7 Å². The highest BCUT2D eigenvalue weighted by molar-refractivity contribution is 7.89. The van der Waals surface area contributed by atoms with E-state index in [-0.39, 0.29) is 28.3 Å². The van der Waals surface area contributed by atoms with E-state index in [1.165, 1.54) is 22.5 Å². The number of aliphatic carboxylic acids is 1. The van der Waals surface area contributed by atoms with Gasteiger partial charge in [-0.2, -0.15) is 4.31 Å². The van der Waals surface area contributed by atoms with Gasteiger partial charge in [-0.3, -0.25) is 9.59 Å². The lowest BCUT2D eigenvalue weighted by Crippen LogP contribution is -2.28. The Morgan fingerprint density at radius 3 is 2.41 bits per heavy atom. The zero-order valence-corrected chi connectivity index (χ0v) is 13.4. The molecule has 1 aromatic rings.